The Kier molecular flexibility index (Phi) is 2.40. The lowest BCUT2D eigenvalue weighted by atomic mass is 10.1. The quantitative estimate of drug-likeness (QED) is 0.777. The van der Waals surface area contributed by atoms with Crippen LogP contribution in [0.1, 0.15) is 11.3 Å². The standard InChI is InChI=1S/C11H10N2O/c14-11-4-2-1-3-9(11)7-10-8-12-5-6-13-10/h1-6,8,14H,7H2. The van der Waals surface area contributed by atoms with Crippen molar-refractivity contribution in [2.45, 2.75) is 6.42 Å². The highest BCUT2D eigenvalue weighted by atomic mass is 16.3. The third-order valence-corrected chi connectivity index (χ3v) is 1.98. The fraction of sp³-hybridized carbons (Fsp3) is 0.0909. The molecule has 70 valence electrons. The van der Waals surface area contributed by atoms with E-state index in [0.717, 1.165) is 11.3 Å². The first-order valence-electron chi connectivity index (χ1n) is 4.38. The van der Waals surface area contributed by atoms with Crippen molar-refractivity contribution in [3.63, 3.8) is 0 Å². The minimum absolute atomic E-state index is 0.304. The van der Waals surface area contributed by atoms with E-state index in [-0.39, 0.29) is 0 Å². The third-order valence-electron chi connectivity index (χ3n) is 1.98. The number of nitrogens with zero attached hydrogens (tertiary/aromatic N) is 2. The minimum Gasteiger partial charge on any atom is -0.508 e. The van der Waals surface area contributed by atoms with E-state index in [9.17, 15) is 5.11 Å². The van der Waals surface area contributed by atoms with Crippen molar-refractivity contribution in [2.75, 3.05) is 0 Å². The van der Waals surface area contributed by atoms with Crippen molar-refractivity contribution >= 4 is 0 Å². The van der Waals surface area contributed by atoms with Gasteiger partial charge in [0.2, 0.25) is 0 Å². The first-order valence-corrected chi connectivity index (χ1v) is 4.38. The maximum absolute atomic E-state index is 9.52. The van der Waals surface area contributed by atoms with Crippen LogP contribution in [0.2, 0.25) is 0 Å². The van der Waals surface area contributed by atoms with Gasteiger partial charge < -0.3 is 5.11 Å². The number of phenolic OH excluding ortho intramolecular Hbond substituents is 1. The minimum atomic E-state index is 0.304. The first-order chi connectivity index (χ1) is 6.86. The number of para-hydroxylation sites is 1. The van der Waals surface area contributed by atoms with E-state index in [4.69, 9.17) is 0 Å². The van der Waals surface area contributed by atoms with Gasteiger partial charge in [0, 0.05) is 25.0 Å². The second-order valence-electron chi connectivity index (χ2n) is 3.00. The maximum atomic E-state index is 9.52. The van der Waals surface area contributed by atoms with E-state index in [0.29, 0.717) is 12.2 Å². The van der Waals surface area contributed by atoms with Gasteiger partial charge in [0.25, 0.3) is 0 Å². The van der Waals surface area contributed by atoms with Crippen molar-refractivity contribution in [1.82, 2.24) is 9.97 Å². The van der Waals surface area contributed by atoms with Crippen LogP contribution in [0.15, 0.2) is 42.9 Å². The molecule has 3 nitrogen and oxygen atoms in total. The molecule has 2 rings (SSSR count). The molecule has 14 heavy (non-hydrogen) atoms. The molecule has 1 aromatic carbocycles. The normalized spacial score (nSPS) is 10.0. The Morgan fingerprint density at radius 1 is 1.14 bits per heavy atom. The summed E-state index contributed by atoms with van der Waals surface area (Å²) in [5.74, 6) is 0.304. The van der Waals surface area contributed by atoms with Crippen molar-refractivity contribution in [2.24, 2.45) is 0 Å². The molecule has 1 aromatic heterocycles. The van der Waals surface area contributed by atoms with E-state index in [1.54, 1.807) is 30.7 Å². The lowest BCUT2D eigenvalue weighted by molar-refractivity contribution is 0.469. The summed E-state index contributed by atoms with van der Waals surface area (Å²) in [6.07, 6.45) is 5.59. The van der Waals surface area contributed by atoms with Crippen LogP contribution in [0.4, 0.5) is 0 Å². The smallest absolute Gasteiger partial charge is 0.119 e. The SMILES string of the molecule is Oc1ccccc1Cc1cnccn1. The monoisotopic (exact) mass is 186 g/mol. The van der Waals surface area contributed by atoms with E-state index in [1.165, 1.54) is 0 Å². The van der Waals surface area contributed by atoms with Crippen LogP contribution in [-0.2, 0) is 6.42 Å². The van der Waals surface area contributed by atoms with Crippen LogP contribution in [0.25, 0.3) is 0 Å². The molecule has 0 bridgehead atoms. The number of hydrogen-bond acceptors (Lipinski definition) is 3. The molecule has 0 aliphatic carbocycles. The number of aromatic hydroxyl groups is 1. The lowest BCUT2D eigenvalue weighted by Crippen LogP contribution is -1.92. The summed E-state index contributed by atoms with van der Waals surface area (Å²) < 4.78 is 0. The van der Waals surface area contributed by atoms with Gasteiger partial charge in [0.1, 0.15) is 5.75 Å². The number of rotatable bonds is 2. The van der Waals surface area contributed by atoms with Gasteiger partial charge in [-0.15, -0.1) is 0 Å². The third kappa shape index (κ3) is 1.88. The molecular weight excluding hydrogens is 176 g/mol. The molecule has 0 saturated heterocycles. The Bertz CT molecular complexity index is 415. The highest BCUT2D eigenvalue weighted by Gasteiger charge is 2.01. The van der Waals surface area contributed by atoms with Crippen LogP contribution in [0, 0.1) is 0 Å². The van der Waals surface area contributed by atoms with E-state index in [1.807, 2.05) is 12.1 Å². The average Bonchev–Trinajstić information content (AvgIpc) is 2.23. The van der Waals surface area contributed by atoms with Gasteiger partial charge in [-0.25, -0.2) is 0 Å². The summed E-state index contributed by atoms with van der Waals surface area (Å²) >= 11 is 0. The first kappa shape index (κ1) is 8.69. The van der Waals surface area contributed by atoms with E-state index < -0.39 is 0 Å². The number of hydrogen-bond donors (Lipinski definition) is 1. The second kappa shape index (κ2) is 3.87. The summed E-state index contributed by atoms with van der Waals surface area (Å²) in [5, 5.41) is 9.52. The molecular formula is C11H10N2O. The molecule has 0 saturated carbocycles. The largest absolute Gasteiger partial charge is 0.508 e. The molecule has 0 aliphatic rings. The number of benzene rings is 1. The zero-order valence-electron chi connectivity index (χ0n) is 7.59. The molecule has 1 heterocycles. The van der Waals surface area contributed by atoms with Gasteiger partial charge in [-0.3, -0.25) is 9.97 Å². The predicted molar refractivity (Wildman–Crippen MR) is 52.9 cm³/mol. The Morgan fingerprint density at radius 2 is 2.00 bits per heavy atom. The molecule has 0 radical (unpaired) electrons. The van der Waals surface area contributed by atoms with E-state index >= 15 is 0 Å². The zero-order chi connectivity index (χ0) is 9.80. The van der Waals surface area contributed by atoms with Crippen LogP contribution in [0.3, 0.4) is 0 Å². The number of phenols is 1. The molecule has 0 spiro atoms. The van der Waals surface area contributed by atoms with Gasteiger partial charge >= 0.3 is 0 Å². The Morgan fingerprint density at radius 3 is 2.71 bits per heavy atom. The molecule has 0 unspecified atom stereocenters. The van der Waals surface area contributed by atoms with Crippen molar-refractivity contribution in [1.29, 1.82) is 0 Å². The number of aromatic nitrogens is 2. The fourth-order valence-electron chi connectivity index (χ4n) is 1.28. The van der Waals surface area contributed by atoms with Crippen molar-refractivity contribution in [3.8, 4) is 5.75 Å². The van der Waals surface area contributed by atoms with Gasteiger partial charge in [-0.05, 0) is 11.6 Å². The van der Waals surface area contributed by atoms with E-state index in [2.05, 4.69) is 9.97 Å². The topological polar surface area (TPSA) is 46.0 Å². The summed E-state index contributed by atoms with van der Waals surface area (Å²) in [5.41, 5.74) is 1.72. The van der Waals surface area contributed by atoms with Gasteiger partial charge in [-0.2, -0.15) is 0 Å². The second-order valence-corrected chi connectivity index (χ2v) is 3.00. The molecule has 3 heteroatoms. The summed E-state index contributed by atoms with van der Waals surface area (Å²) in [6, 6.07) is 7.25. The average molecular weight is 186 g/mol. The molecule has 1 N–H and O–H groups in total. The van der Waals surface area contributed by atoms with Crippen LogP contribution in [-0.4, -0.2) is 15.1 Å². The molecule has 0 aliphatic heterocycles. The van der Waals surface area contributed by atoms with Crippen molar-refractivity contribution < 1.29 is 5.11 Å². The summed E-state index contributed by atoms with van der Waals surface area (Å²) in [7, 11) is 0. The molecule has 0 fully saturated rings. The van der Waals surface area contributed by atoms with Gasteiger partial charge in [0.15, 0.2) is 0 Å². The zero-order valence-corrected chi connectivity index (χ0v) is 7.59. The molecule has 0 atom stereocenters. The Balaban J connectivity index is 2.24. The Labute approximate surface area is 82.1 Å². The molecule has 2 aromatic rings. The highest BCUT2D eigenvalue weighted by molar-refractivity contribution is 5.34. The fourth-order valence-corrected chi connectivity index (χ4v) is 1.28. The summed E-state index contributed by atoms with van der Waals surface area (Å²) in [6.45, 7) is 0. The predicted octanol–water partition coefficient (Wildman–Crippen LogP) is 1.77. The molecule has 0 amide bonds. The van der Waals surface area contributed by atoms with Gasteiger partial charge in [0.05, 0.1) is 5.69 Å². The summed E-state index contributed by atoms with van der Waals surface area (Å²) in [4.78, 5) is 8.11. The van der Waals surface area contributed by atoms with Crippen molar-refractivity contribution in [3.05, 3.63) is 54.1 Å². The lowest BCUT2D eigenvalue weighted by Gasteiger charge is -2.02. The van der Waals surface area contributed by atoms with Crippen LogP contribution in [0.5, 0.6) is 5.75 Å². The van der Waals surface area contributed by atoms with Crippen LogP contribution >= 0.6 is 0 Å². The van der Waals surface area contributed by atoms with Gasteiger partial charge in [-0.1, -0.05) is 18.2 Å². The maximum Gasteiger partial charge on any atom is 0.119 e. The Hall–Kier alpha value is -1.90. The highest BCUT2D eigenvalue weighted by Crippen LogP contribution is 2.17. The van der Waals surface area contributed by atoms with Crippen LogP contribution < -0.4 is 0 Å².